The largest absolute Gasteiger partial charge is 0.331 e. The van der Waals surface area contributed by atoms with E-state index in [-0.39, 0.29) is 6.03 Å². The van der Waals surface area contributed by atoms with E-state index in [1.54, 1.807) is 4.90 Å². The molecule has 1 saturated heterocycles. The van der Waals surface area contributed by atoms with Crippen molar-refractivity contribution < 1.29 is 4.79 Å². The molecule has 18 heavy (non-hydrogen) atoms. The number of likely N-dealkylation sites (tertiary alicyclic amines) is 1. The highest BCUT2D eigenvalue weighted by atomic mass is 16.2. The van der Waals surface area contributed by atoms with Crippen molar-refractivity contribution in [1.82, 2.24) is 15.1 Å². The van der Waals surface area contributed by atoms with E-state index in [4.69, 9.17) is 0 Å². The summed E-state index contributed by atoms with van der Waals surface area (Å²) in [6.07, 6.45) is 7.87. The Balaban J connectivity index is 1.59. The van der Waals surface area contributed by atoms with Crippen molar-refractivity contribution in [2.24, 2.45) is 5.92 Å². The molecule has 4 heteroatoms. The minimum atomic E-state index is 0.155. The maximum atomic E-state index is 11.8. The van der Waals surface area contributed by atoms with E-state index in [2.05, 4.69) is 5.32 Å². The fraction of sp³-hybridized carbons (Fsp3) is 0.929. The van der Waals surface area contributed by atoms with Crippen LogP contribution in [0.3, 0.4) is 0 Å². The Morgan fingerprint density at radius 1 is 1.22 bits per heavy atom. The quantitative estimate of drug-likeness (QED) is 0.831. The van der Waals surface area contributed by atoms with Crippen LogP contribution in [0.5, 0.6) is 0 Å². The third-order valence-corrected chi connectivity index (χ3v) is 4.36. The minimum absolute atomic E-state index is 0.155. The average molecular weight is 253 g/mol. The van der Waals surface area contributed by atoms with E-state index in [1.165, 1.54) is 25.7 Å². The average Bonchev–Trinajstić information content (AvgIpc) is 2.32. The Kier molecular flexibility index (Phi) is 4.87. The van der Waals surface area contributed by atoms with Crippen LogP contribution in [0.15, 0.2) is 0 Å². The summed E-state index contributed by atoms with van der Waals surface area (Å²) in [5.74, 6) is 0.993. The number of hydrogen-bond acceptors (Lipinski definition) is 2. The van der Waals surface area contributed by atoms with Crippen LogP contribution in [0.4, 0.5) is 4.79 Å². The zero-order chi connectivity index (χ0) is 13.0. The molecule has 104 valence electrons. The first kappa shape index (κ1) is 13.7. The van der Waals surface area contributed by atoms with E-state index >= 15 is 0 Å². The summed E-state index contributed by atoms with van der Waals surface area (Å²) >= 11 is 0. The summed E-state index contributed by atoms with van der Waals surface area (Å²) in [6.45, 7) is 2.97. The van der Waals surface area contributed by atoms with Gasteiger partial charge < -0.3 is 15.1 Å². The summed E-state index contributed by atoms with van der Waals surface area (Å²) in [5.41, 5.74) is 0. The van der Waals surface area contributed by atoms with Crippen molar-refractivity contribution in [1.29, 1.82) is 0 Å². The van der Waals surface area contributed by atoms with E-state index in [0.29, 0.717) is 6.04 Å². The lowest BCUT2D eigenvalue weighted by atomic mass is 9.83. The van der Waals surface area contributed by atoms with E-state index in [9.17, 15) is 4.79 Å². The van der Waals surface area contributed by atoms with Gasteiger partial charge in [-0.3, -0.25) is 0 Å². The minimum Gasteiger partial charge on any atom is -0.331 e. The topological polar surface area (TPSA) is 35.6 Å². The Labute approximate surface area is 111 Å². The summed E-state index contributed by atoms with van der Waals surface area (Å²) in [4.78, 5) is 15.4. The number of carbonyl (C=O) groups excluding carboxylic acids is 1. The lowest BCUT2D eigenvalue weighted by Crippen LogP contribution is -2.48. The third-order valence-electron chi connectivity index (χ3n) is 4.36. The highest BCUT2D eigenvalue weighted by molar-refractivity contribution is 5.73. The predicted molar refractivity (Wildman–Crippen MR) is 73.6 cm³/mol. The molecule has 4 nitrogen and oxygen atoms in total. The molecule has 1 saturated carbocycles. The molecule has 2 rings (SSSR count). The normalized spacial score (nSPS) is 21.8. The summed E-state index contributed by atoms with van der Waals surface area (Å²) in [5, 5.41) is 3.66. The maximum absolute atomic E-state index is 11.8. The zero-order valence-electron chi connectivity index (χ0n) is 11.8. The number of nitrogens with zero attached hydrogens (tertiary/aromatic N) is 2. The van der Waals surface area contributed by atoms with Crippen LogP contribution in [0.2, 0.25) is 0 Å². The smallest absolute Gasteiger partial charge is 0.319 e. The molecule has 0 aromatic heterocycles. The van der Waals surface area contributed by atoms with Crippen LogP contribution >= 0.6 is 0 Å². The van der Waals surface area contributed by atoms with Crippen molar-refractivity contribution in [3.05, 3.63) is 0 Å². The lowest BCUT2D eigenvalue weighted by Gasteiger charge is -2.34. The van der Waals surface area contributed by atoms with Crippen molar-refractivity contribution in [3.63, 3.8) is 0 Å². The lowest BCUT2D eigenvalue weighted by molar-refractivity contribution is 0.152. The number of urea groups is 1. The first-order valence-electron chi connectivity index (χ1n) is 7.36. The van der Waals surface area contributed by atoms with Gasteiger partial charge in [-0.15, -0.1) is 0 Å². The van der Waals surface area contributed by atoms with E-state index in [1.807, 2.05) is 19.0 Å². The van der Waals surface area contributed by atoms with Gasteiger partial charge in [0.1, 0.15) is 0 Å². The number of carbonyl (C=O) groups is 1. The second kappa shape index (κ2) is 6.41. The first-order valence-corrected chi connectivity index (χ1v) is 7.36. The molecule has 0 radical (unpaired) electrons. The molecule has 0 atom stereocenters. The van der Waals surface area contributed by atoms with Crippen molar-refractivity contribution in [2.75, 3.05) is 33.7 Å². The molecule has 0 spiro atoms. The Morgan fingerprint density at radius 3 is 2.39 bits per heavy atom. The molecular formula is C14H27N3O. The van der Waals surface area contributed by atoms with Crippen molar-refractivity contribution in [2.45, 2.75) is 44.6 Å². The highest BCUT2D eigenvalue weighted by Crippen LogP contribution is 2.28. The second-order valence-electron chi connectivity index (χ2n) is 5.98. The molecule has 2 amide bonds. The van der Waals surface area contributed by atoms with Gasteiger partial charge in [-0.25, -0.2) is 4.79 Å². The molecule has 2 aliphatic rings. The van der Waals surface area contributed by atoms with Gasteiger partial charge in [-0.05, 0) is 31.7 Å². The van der Waals surface area contributed by atoms with Crippen LogP contribution in [-0.2, 0) is 0 Å². The van der Waals surface area contributed by atoms with Crippen LogP contribution in [0.1, 0.15) is 38.5 Å². The highest BCUT2D eigenvalue weighted by Gasteiger charge is 2.23. The molecular weight excluding hydrogens is 226 g/mol. The number of nitrogens with one attached hydrogen (secondary N) is 1. The van der Waals surface area contributed by atoms with Gasteiger partial charge in [0, 0.05) is 33.2 Å². The Bertz CT molecular complexity index is 268. The summed E-state index contributed by atoms with van der Waals surface area (Å²) < 4.78 is 0. The number of piperidine rings is 1. The molecule has 0 aromatic rings. The second-order valence-corrected chi connectivity index (χ2v) is 5.98. The van der Waals surface area contributed by atoms with Crippen molar-refractivity contribution >= 4 is 6.03 Å². The predicted octanol–water partition coefficient (Wildman–Crippen LogP) is 1.91. The number of hydrogen-bond donors (Lipinski definition) is 1. The standard InChI is InChI=1S/C14H27N3O/c1-16(2)14(18)17-10-7-13(8-11-17)15-9-6-12-4-3-5-12/h12-13,15H,3-11H2,1-2H3. The SMILES string of the molecule is CN(C)C(=O)N1CCC(NCCC2CCC2)CC1. The fourth-order valence-electron chi connectivity index (χ4n) is 2.83. The van der Waals surface area contributed by atoms with Gasteiger partial charge in [0.25, 0.3) is 0 Å². The van der Waals surface area contributed by atoms with Crippen LogP contribution < -0.4 is 5.32 Å². The Morgan fingerprint density at radius 2 is 1.89 bits per heavy atom. The molecule has 2 fully saturated rings. The molecule has 1 heterocycles. The Hall–Kier alpha value is -0.770. The molecule has 1 aliphatic heterocycles. The maximum Gasteiger partial charge on any atom is 0.319 e. The van der Waals surface area contributed by atoms with Gasteiger partial charge in [0.05, 0.1) is 0 Å². The van der Waals surface area contributed by atoms with Gasteiger partial charge in [0.15, 0.2) is 0 Å². The molecule has 0 aromatic carbocycles. The van der Waals surface area contributed by atoms with Crippen LogP contribution in [-0.4, -0.2) is 55.6 Å². The van der Waals surface area contributed by atoms with Gasteiger partial charge >= 0.3 is 6.03 Å². The number of rotatable bonds is 4. The van der Waals surface area contributed by atoms with Crippen LogP contribution in [0.25, 0.3) is 0 Å². The first-order chi connectivity index (χ1) is 8.66. The third kappa shape index (κ3) is 3.61. The summed E-state index contributed by atoms with van der Waals surface area (Å²) in [6, 6.07) is 0.777. The van der Waals surface area contributed by atoms with Gasteiger partial charge in [0.2, 0.25) is 0 Å². The fourth-order valence-corrected chi connectivity index (χ4v) is 2.83. The summed E-state index contributed by atoms with van der Waals surface area (Å²) in [7, 11) is 3.65. The van der Waals surface area contributed by atoms with Gasteiger partial charge in [-0.1, -0.05) is 19.3 Å². The molecule has 1 aliphatic carbocycles. The van der Waals surface area contributed by atoms with Gasteiger partial charge in [-0.2, -0.15) is 0 Å². The zero-order valence-corrected chi connectivity index (χ0v) is 11.8. The van der Waals surface area contributed by atoms with Crippen molar-refractivity contribution in [3.8, 4) is 0 Å². The molecule has 0 bridgehead atoms. The number of amides is 2. The molecule has 0 unspecified atom stereocenters. The van der Waals surface area contributed by atoms with Crippen LogP contribution in [0, 0.1) is 5.92 Å². The van der Waals surface area contributed by atoms with E-state index < -0.39 is 0 Å². The molecule has 1 N–H and O–H groups in total. The monoisotopic (exact) mass is 253 g/mol. The van der Waals surface area contributed by atoms with E-state index in [0.717, 1.165) is 38.4 Å².